The van der Waals surface area contributed by atoms with E-state index < -0.39 is 72.8 Å². The highest BCUT2D eigenvalue weighted by atomic mass is 35.5. The summed E-state index contributed by atoms with van der Waals surface area (Å²) in [5, 5.41) is -0.660. The first-order chi connectivity index (χ1) is 15.0. The zero-order valence-corrected chi connectivity index (χ0v) is 18.5. The molecule has 2 N–H and O–H groups in total. The van der Waals surface area contributed by atoms with Gasteiger partial charge in [0.15, 0.2) is 17.5 Å². The third kappa shape index (κ3) is 4.78. The van der Waals surface area contributed by atoms with Crippen LogP contribution < -0.4 is 5.73 Å². The number of nitrogens with two attached hydrogens (primary N) is 1. The third-order valence-corrected chi connectivity index (χ3v) is 7.12. The Morgan fingerprint density at radius 2 is 1.91 bits per heavy atom. The van der Waals surface area contributed by atoms with Gasteiger partial charge in [-0.25, -0.2) is 30.9 Å². The molecule has 0 unspecified atom stereocenters. The van der Waals surface area contributed by atoms with Crippen molar-refractivity contribution in [3.63, 3.8) is 0 Å². The molecule has 178 valence electrons. The Balaban J connectivity index is 2.10. The number of benzene rings is 1. The highest BCUT2D eigenvalue weighted by Gasteiger charge is 2.42. The first-order valence-corrected chi connectivity index (χ1v) is 11.0. The summed E-state index contributed by atoms with van der Waals surface area (Å²) in [7, 11) is -2.88. The number of pyridine rings is 1. The monoisotopic (exact) mass is 512 g/mol. The largest absolute Gasteiger partial charge is 0.417 e. The normalized spacial score (nSPS) is 21.2. The molecule has 0 saturated heterocycles. The van der Waals surface area contributed by atoms with Crippen LogP contribution in [0.4, 0.5) is 26.3 Å². The van der Waals surface area contributed by atoms with Gasteiger partial charge in [-0.05, 0) is 36.8 Å². The zero-order chi connectivity index (χ0) is 24.9. The first kappa shape index (κ1) is 24.8. The second kappa shape index (κ2) is 8.20. The van der Waals surface area contributed by atoms with Crippen LogP contribution in [0.15, 0.2) is 29.4 Å². The second-order valence-electron chi connectivity index (χ2n) is 7.38. The number of sulfonamides is 1. The van der Waals surface area contributed by atoms with Crippen LogP contribution in [-0.2, 0) is 21.7 Å². The minimum Gasteiger partial charge on any atom is -0.369 e. The van der Waals surface area contributed by atoms with Gasteiger partial charge in [-0.2, -0.15) is 13.2 Å². The summed E-state index contributed by atoms with van der Waals surface area (Å²) >= 11 is 5.71. The maximum absolute atomic E-state index is 14.7. The van der Waals surface area contributed by atoms with Crippen molar-refractivity contribution in [3.05, 3.63) is 63.4 Å². The topological polar surface area (TPSA) is 88.7 Å². The molecule has 0 aliphatic carbocycles. The first-order valence-electron chi connectivity index (χ1n) is 8.97. The minimum absolute atomic E-state index is 0.287. The van der Waals surface area contributed by atoms with Gasteiger partial charge in [-0.15, -0.1) is 0 Å². The van der Waals surface area contributed by atoms with Gasteiger partial charge in [0.1, 0.15) is 11.2 Å². The predicted molar refractivity (Wildman–Crippen MR) is 110 cm³/mol. The lowest BCUT2D eigenvalue weighted by atomic mass is 9.92. The van der Waals surface area contributed by atoms with E-state index in [0.717, 1.165) is 13.1 Å². The Bertz CT molecular complexity index is 1300. The third-order valence-electron chi connectivity index (χ3n) is 4.88. The van der Waals surface area contributed by atoms with Crippen LogP contribution in [-0.4, -0.2) is 36.5 Å². The van der Waals surface area contributed by atoms with E-state index in [4.69, 9.17) is 17.3 Å². The highest BCUT2D eigenvalue weighted by molar-refractivity contribution is 7.89. The molecule has 1 aliphatic heterocycles. The fourth-order valence-electron chi connectivity index (χ4n) is 3.16. The molecule has 0 fully saturated rings. The van der Waals surface area contributed by atoms with Crippen LogP contribution in [0.5, 0.6) is 0 Å². The molecule has 2 heterocycles. The molecule has 1 aromatic heterocycles. The number of hydrogen-bond donors (Lipinski definition) is 1. The summed E-state index contributed by atoms with van der Waals surface area (Å²) in [4.78, 5) is 7.33. The van der Waals surface area contributed by atoms with Crippen LogP contribution >= 0.6 is 11.6 Å². The molecule has 0 radical (unpaired) electrons. The maximum atomic E-state index is 14.7. The lowest BCUT2D eigenvalue weighted by Gasteiger charge is -2.34. The van der Waals surface area contributed by atoms with Gasteiger partial charge in [0.2, 0.25) is 16.0 Å². The van der Waals surface area contributed by atoms with Crippen LogP contribution in [0.25, 0.3) is 11.9 Å². The van der Waals surface area contributed by atoms with E-state index in [-0.39, 0.29) is 5.56 Å². The summed E-state index contributed by atoms with van der Waals surface area (Å²) < 4.78 is 107. The standard InChI is InChI=1S/C19H15ClF6N4O2S/c1-18(8-33(31,32)30(2)17(27)29-18)11-3-9(4-13(21)15(11)23)5-14(22)16-12(20)6-10(7-28-16)19(24,25)26/h3-7H,8H2,1-2H3,(H2,27,29)/b14-5-/t18-/m0/s1. The highest BCUT2D eigenvalue weighted by Crippen LogP contribution is 2.36. The van der Waals surface area contributed by atoms with Crippen molar-refractivity contribution in [3.8, 4) is 0 Å². The van der Waals surface area contributed by atoms with Gasteiger partial charge in [-0.3, -0.25) is 4.98 Å². The van der Waals surface area contributed by atoms with E-state index in [1.165, 1.54) is 6.92 Å². The molecule has 0 saturated carbocycles. The van der Waals surface area contributed by atoms with E-state index in [0.29, 0.717) is 28.7 Å². The molecule has 0 bridgehead atoms. The number of alkyl halides is 3. The molecule has 33 heavy (non-hydrogen) atoms. The summed E-state index contributed by atoms with van der Waals surface area (Å²) in [6.45, 7) is 1.21. The van der Waals surface area contributed by atoms with E-state index >= 15 is 0 Å². The van der Waals surface area contributed by atoms with Crippen molar-refractivity contribution >= 4 is 39.5 Å². The zero-order valence-electron chi connectivity index (χ0n) is 16.9. The molecule has 14 heteroatoms. The number of aliphatic imine (C=N–C) groups is 1. The van der Waals surface area contributed by atoms with E-state index in [9.17, 15) is 34.8 Å². The molecule has 2 aromatic rings. The van der Waals surface area contributed by atoms with Crippen LogP contribution in [0.3, 0.4) is 0 Å². The molecule has 0 spiro atoms. The fourth-order valence-corrected chi connectivity index (χ4v) is 4.86. The lowest BCUT2D eigenvalue weighted by Crippen LogP contribution is -2.50. The van der Waals surface area contributed by atoms with Gasteiger partial charge in [0.25, 0.3) is 0 Å². The summed E-state index contributed by atoms with van der Waals surface area (Å²) in [6, 6.07) is 2.03. The Hall–Kier alpha value is -2.80. The quantitative estimate of drug-likeness (QED) is 0.621. The summed E-state index contributed by atoms with van der Waals surface area (Å²) in [6.07, 6.45) is -3.73. The summed E-state index contributed by atoms with van der Waals surface area (Å²) in [5.41, 5.74) is 1.10. The summed E-state index contributed by atoms with van der Waals surface area (Å²) in [5.74, 6) is -5.32. The van der Waals surface area contributed by atoms with Gasteiger partial charge in [0.05, 0.1) is 16.3 Å². The van der Waals surface area contributed by atoms with E-state index in [1.807, 2.05) is 0 Å². The van der Waals surface area contributed by atoms with Crippen molar-refractivity contribution in [1.82, 2.24) is 9.29 Å². The van der Waals surface area contributed by atoms with Crippen molar-refractivity contribution in [1.29, 1.82) is 0 Å². The molecule has 6 nitrogen and oxygen atoms in total. The Morgan fingerprint density at radius 3 is 2.45 bits per heavy atom. The van der Waals surface area contributed by atoms with Crippen molar-refractivity contribution in [2.24, 2.45) is 10.7 Å². The van der Waals surface area contributed by atoms with Crippen LogP contribution in [0.2, 0.25) is 5.02 Å². The Morgan fingerprint density at radius 1 is 1.27 bits per heavy atom. The number of halogens is 7. The molecule has 1 atom stereocenters. The number of hydrogen-bond acceptors (Lipinski definition) is 5. The van der Waals surface area contributed by atoms with Gasteiger partial charge >= 0.3 is 6.18 Å². The lowest BCUT2D eigenvalue weighted by molar-refractivity contribution is -0.137. The molecular weight excluding hydrogens is 498 g/mol. The van der Waals surface area contributed by atoms with Crippen molar-refractivity contribution < 1.29 is 34.8 Å². The van der Waals surface area contributed by atoms with Gasteiger partial charge in [0, 0.05) is 18.8 Å². The molecular formula is C19H15ClF6N4O2S. The molecule has 1 aromatic carbocycles. The molecule has 3 rings (SSSR count). The number of guanidine groups is 1. The SMILES string of the molecule is CN1C(N)=N[C@](C)(c2cc(/C=C(\F)c3ncc(C(F)(F)F)cc3Cl)cc(F)c2F)CS1(=O)=O. The Kier molecular flexibility index (Phi) is 6.17. The number of nitrogens with zero attached hydrogens (tertiary/aromatic N) is 3. The van der Waals surface area contributed by atoms with E-state index in [1.54, 1.807) is 0 Å². The van der Waals surface area contributed by atoms with Gasteiger partial charge in [-0.1, -0.05) is 11.6 Å². The smallest absolute Gasteiger partial charge is 0.369 e. The second-order valence-corrected chi connectivity index (χ2v) is 9.78. The minimum atomic E-state index is -4.75. The van der Waals surface area contributed by atoms with Crippen LogP contribution in [0.1, 0.15) is 29.3 Å². The Labute approximate surface area is 189 Å². The van der Waals surface area contributed by atoms with Crippen molar-refractivity contribution in [2.45, 2.75) is 18.6 Å². The molecule has 1 aliphatic rings. The van der Waals surface area contributed by atoms with Crippen molar-refractivity contribution in [2.75, 3.05) is 12.8 Å². The van der Waals surface area contributed by atoms with E-state index in [2.05, 4.69) is 9.98 Å². The average Bonchev–Trinajstić information content (AvgIpc) is 2.67. The molecule has 0 amide bonds. The van der Waals surface area contributed by atoms with Crippen LogP contribution in [0, 0.1) is 11.6 Å². The predicted octanol–water partition coefficient (Wildman–Crippen LogP) is 4.30. The number of rotatable bonds is 3. The average molecular weight is 513 g/mol. The maximum Gasteiger partial charge on any atom is 0.417 e. The van der Waals surface area contributed by atoms with Gasteiger partial charge < -0.3 is 5.73 Å². The number of aromatic nitrogens is 1. The fraction of sp³-hybridized carbons (Fsp3) is 0.263.